The molecule has 0 fully saturated rings. The summed E-state index contributed by atoms with van der Waals surface area (Å²) in [4.78, 5) is 17.5. The summed E-state index contributed by atoms with van der Waals surface area (Å²) < 4.78 is 70.4. The molecule has 0 atom stereocenters. The van der Waals surface area contributed by atoms with Gasteiger partial charge in [-0.1, -0.05) is 72.4 Å². The van der Waals surface area contributed by atoms with Crippen LogP contribution in [0.4, 0.5) is 57.4 Å². The number of azo groups is 2. The number of fused-ring (bicyclic) bond motifs is 2. The maximum Gasteiger partial charge on any atom is 0.296 e. The number of aliphatic hydroxyl groups excluding tert-OH is 1. The van der Waals surface area contributed by atoms with Gasteiger partial charge in [-0.05, 0) is 87.0 Å². The van der Waals surface area contributed by atoms with Crippen LogP contribution >= 0.6 is 11.8 Å². The number of aliphatic hydroxyl groups is 1. The molecule has 5 N–H and O–H groups in total. The van der Waals surface area contributed by atoms with Crippen LogP contribution in [0.3, 0.4) is 0 Å². The second-order valence-electron chi connectivity index (χ2n) is 14.5. The SMILES string of the molecule is CCN(CC)c1ccc(/N=N/c2c(S(=O)(=O)O)ccc3ccccc23)c(Nc2nc(Nc3cc(N(CC)CC)ccc3/N=N/c3c(S(=O)(=O)O)ccc4ccccc34)nc(SCCO)n2)c1. The predicted molar refractivity (Wildman–Crippen MR) is 260 cm³/mol. The van der Waals surface area contributed by atoms with Crippen LogP contribution in [0.5, 0.6) is 0 Å². The molecule has 21 heteroatoms. The third-order valence-electron chi connectivity index (χ3n) is 10.4. The highest BCUT2D eigenvalue weighted by atomic mass is 32.2. The molecule has 7 aromatic rings. The van der Waals surface area contributed by atoms with Crippen LogP contribution in [0.1, 0.15) is 27.7 Å². The van der Waals surface area contributed by atoms with E-state index < -0.39 is 30.0 Å². The molecule has 0 aliphatic carbocycles. The molecule has 0 amide bonds. The molecule has 0 saturated carbocycles. The molecule has 0 aliphatic rings. The van der Waals surface area contributed by atoms with E-state index in [0.717, 1.165) is 11.4 Å². The van der Waals surface area contributed by atoms with Crippen molar-refractivity contribution in [1.82, 2.24) is 15.0 Å². The van der Waals surface area contributed by atoms with Gasteiger partial charge in [-0.15, -0.1) is 20.5 Å². The average molecular weight is 950 g/mol. The Bertz CT molecular complexity index is 2980. The smallest absolute Gasteiger partial charge is 0.296 e. The van der Waals surface area contributed by atoms with Gasteiger partial charge < -0.3 is 25.5 Å². The summed E-state index contributed by atoms with van der Waals surface area (Å²) in [6.07, 6.45) is 0. The number of nitrogens with zero attached hydrogens (tertiary/aromatic N) is 9. The van der Waals surface area contributed by atoms with Crippen molar-refractivity contribution >= 4 is 111 Å². The van der Waals surface area contributed by atoms with E-state index in [-0.39, 0.29) is 52.2 Å². The number of anilines is 6. The molecule has 342 valence electrons. The fraction of sp³-hybridized carbons (Fsp3) is 0.222. The highest BCUT2D eigenvalue weighted by Crippen LogP contribution is 2.40. The molecule has 0 unspecified atom stereocenters. The Labute approximate surface area is 386 Å². The molecular weight excluding hydrogens is 903 g/mol. The molecule has 0 spiro atoms. The topological polar surface area (TPSA) is 248 Å². The Morgan fingerprint density at radius 3 is 1.38 bits per heavy atom. The van der Waals surface area contributed by atoms with Gasteiger partial charge >= 0.3 is 0 Å². The maximum atomic E-state index is 12.5. The number of rotatable bonds is 19. The first-order chi connectivity index (χ1) is 31.7. The van der Waals surface area contributed by atoms with Crippen molar-refractivity contribution in [2.24, 2.45) is 20.5 Å². The van der Waals surface area contributed by atoms with Crippen molar-refractivity contribution in [1.29, 1.82) is 0 Å². The molecule has 0 aliphatic heterocycles. The molecule has 7 rings (SSSR count). The van der Waals surface area contributed by atoms with Crippen molar-refractivity contribution in [3.8, 4) is 0 Å². The first-order valence-electron chi connectivity index (χ1n) is 20.9. The molecule has 18 nitrogen and oxygen atoms in total. The van der Waals surface area contributed by atoms with E-state index in [1.807, 2.05) is 52.0 Å². The Hall–Kier alpha value is -6.62. The summed E-state index contributed by atoms with van der Waals surface area (Å²) in [7, 11) is -9.37. The lowest BCUT2D eigenvalue weighted by Gasteiger charge is -2.22. The number of thioether (sulfide) groups is 1. The number of hydrogen-bond donors (Lipinski definition) is 5. The van der Waals surface area contributed by atoms with Crippen LogP contribution in [0.25, 0.3) is 21.5 Å². The second-order valence-corrected chi connectivity index (χ2v) is 18.3. The van der Waals surface area contributed by atoms with Gasteiger partial charge in [0.05, 0.1) is 18.0 Å². The van der Waals surface area contributed by atoms with E-state index >= 15 is 0 Å². The van der Waals surface area contributed by atoms with Crippen molar-refractivity contribution < 1.29 is 31.0 Å². The van der Waals surface area contributed by atoms with Gasteiger partial charge in [0.15, 0.2) is 5.16 Å². The third kappa shape index (κ3) is 10.9. The van der Waals surface area contributed by atoms with E-state index in [0.29, 0.717) is 59.1 Å². The maximum absolute atomic E-state index is 12.5. The fourth-order valence-corrected chi connectivity index (χ4v) is 9.05. The quantitative estimate of drug-likeness (QED) is 0.0287. The van der Waals surface area contributed by atoms with Crippen LogP contribution < -0.4 is 20.4 Å². The van der Waals surface area contributed by atoms with Gasteiger partial charge in [-0.2, -0.15) is 31.8 Å². The van der Waals surface area contributed by atoms with Crippen LogP contribution in [0.2, 0.25) is 0 Å². The molecule has 0 saturated heterocycles. The number of aromatic nitrogens is 3. The van der Waals surface area contributed by atoms with Gasteiger partial charge in [-0.25, -0.2) is 0 Å². The number of hydrogen-bond acceptors (Lipinski definition) is 17. The highest BCUT2D eigenvalue weighted by Gasteiger charge is 2.21. The standard InChI is InChI=1S/C45H47N11O7S3/c1-5-55(6-2)31-19-21-35(51-53-41-33-15-11-9-13-29(33)17-23-39(41)65(58,59)60)37(27-31)46-43-48-44(50-45(49-43)64-26-25-57)47-38-28-32(56(7-3)8-4)20-22-36(38)52-54-42-34-16-12-10-14-30(34)18-24-40(42)66(61,62)63/h9-24,27-28,57H,5-8,25-26H2,1-4H3,(H,58,59,60)(H,61,62,63)(H2,46,47,48,49,50)/b53-51+,54-52+. The number of nitrogens with one attached hydrogen (secondary N) is 2. The Kier molecular flexibility index (Phi) is 14.8. The summed E-state index contributed by atoms with van der Waals surface area (Å²) in [6.45, 7) is 10.7. The summed E-state index contributed by atoms with van der Waals surface area (Å²) in [6, 6.07) is 30.6. The van der Waals surface area contributed by atoms with Gasteiger partial charge in [-0.3, -0.25) is 9.11 Å². The summed E-state index contributed by atoms with van der Waals surface area (Å²) >= 11 is 1.18. The van der Waals surface area contributed by atoms with Crippen molar-refractivity contribution in [3.05, 3.63) is 109 Å². The Morgan fingerprint density at radius 2 is 0.985 bits per heavy atom. The Balaban J connectivity index is 1.34. The zero-order chi connectivity index (χ0) is 47.0. The normalized spacial score (nSPS) is 12.1. The highest BCUT2D eigenvalue weighted by molar-refractivity contribution is 7.99. The van der Waals surface area contributed by atoms with Crippen LogP contribution in [0, 0.1) is 0 Å². The molecule has 1 aromatic heterocycles. The van der Waals surface area contributed by atoms with Crippen LogP contribution in [-0.2, 0) is 20.2 Å². The molecule has 1 heterocycles. The first kappa shape index (κ1) is 47.3. The Morgan fingerprint density at radius 1 is 0.561 bits per heavy atom. The van der Waals surface area contributed by atoms with Crippen molar-refractivity contribution in [2.45, 2.75) is 42.6 Å². The van der Waals surface area contributed by atoms with Gasteiger partial charge in [0.25, 0.3) is 20.2 Å². The van der Waals surface area contributed by atoms with E-state index in [2.05, 4.69) is 50.9 Å². The van der Waals surface area contributed by atoms with E-state index in [4.69, 9.17) is 4.98 Å². The van der Waals surface area contributed by atoms with Gasteiger partial charge in [0.1, 0.15) is 32.5 Å². The predicted octanol–water partition coefficient (Wildman–Crippen LogP) is 10.8. The first-order valence-corrected chi connectivity index (χ1v) is 24.7. The third-order valence-corrected chi connectivity index (χ3v) is 13.0. The zero-order valence-electron chi connectivity index (χ0n) is 36.4. The molecule has 0 radical (unpaired) electrons. The minimum atomic E-state index is -4.68. The lowest BCUT2D eigenvalue weighted by Crippen LogP contribution is -2.21. The summed E-state index contributed by atoms with van der Waals surface area (Å²) in [5.74, 6) is 0.405. The molecule has 6 aromatic carbocycles. The molecule has 0 bridgehead atoms. The fourth-order valence-electron chi connectivity index (χ4n) is 7.20. The zero-order valence-corrected chi connectivity index (χ0v) is 38.8. The van der Waals surface area contributed by atoms with Crippen LogP contribution in [-0.4, -0.2) is 84.5 Å². The van der Waals surface area contributed by atoms with E-state index in [9.17, 15) is 31.0 Å². The lowest BCUT2D eigenvalue weighted by atomic mass is 10.1. The molecular formula is C45H47N11O7S3. The minimum absolute atomic E-state index is 0.0433. The number of benzene rings is 6. The minimum Gasteiger partial charge on any atom is -0.396 e. The molecule has 66 heavy (non-hydrogen) atoms. The summed E-state index contributed by atoms with van der Waals surface area (Å²) in [5.41, 5.74) is 2.94. The lowest BCUT2D eigenvalue weighted by molar-refractivity contribution is 0.322. The largest absolute Gasteiger partial charge is 0.396 e. The second kappa shape index (κ2) is 20.7. The van der Waals surface area contributed by atoms with Crippen molar-refractivity contribution in [2.75, 3.05) is 59.0 Å². The van der Waals surface area contributed by atoms with Gasteiger partial charge in [0, 0.05) is 54.1 Å². The average Bonchev–Trinajstić information content (AvgIpc) is 3.30. The van der Waals surface area contributed by atoms with E-state index in [1.165, 1.54) is 23.9 Å². The van der Waals surface area contributed by atoms with Crippen molar-refractivity contribution in [3.63, 3.8) is 0 Å². The van der Waals surface area contributed by atoms with E-state index in [1.54, 1.807) is 72.8 Å². The summed E-state index contributed by atoms with van der Waals surface area (Å²) in [5, 5.41) is 36.7. The van der Waals surface area contributed by atoms with Gasteiger partial charge in [0.2, 0.25) is 11.9 Å². The van der Waals surface area contributed by atoms with Crippen LogP contribution in [0.15, 0.2) is 145 Å². The monoisotopic (exact) mass is 949 g/mol.